The van der Waals surface area contributed by atoms with Gasteiger partial charge in [-0.1, -0.05) is 24.3 Å². The van der Waals surface area contributed by atoms with E-state index in [1.807, 2.05) is 12.1 Å². The highest BCUT2D eigenvalue weighted by Gasteiger charge is 2.28. The lowest BCUT2D eigenvalue weighted by molar-refractivity contribution is 0.566. The van der Waals surface area contributed by atoms with Crippen molar-refractivity contribution < 1.29 is 8.42 Å². The lowest BCUT2D eigenvalue weighted by atomic mass is 10.1. The predicted octanol–water partition coefficient (Wildman–Crippen LogP) is 5.88. The smallest absolute Gasteiger partial charge is 0.237 e. The van der Waals surface area contributed by atoms with Gasteiger partial charge in [-0.05, 0) is 80.1 Å². The summed E-state index contributed by atoms with van der Waals surface area (Å²) in [6.07, 6.45) is 0. The largest absolute Gasteiger partial charge is 0.381 e. The Morgan fingerprint density at radius 2 is 1.54 bits per heavy atom. The van der Waals surface area contributed by atoms with Crippen LogP contribution in [-0.4, -0.2) is 13.2 Å². The molecule has 4 nitrogen and oxygen atoms in total. The first-order valence-electron chi connectivity index (χ1n) is 9.15. The highest BCUT2D eigenvalue weighted by atomic mass is 32.2. The molecule has 0 saturated carbocycles. The number of aryl methyl sites for hydroxylation is 1. The second kappa shape index (κ2) is 7.97. The van der Waals surface area contributed by atoms with Gasteiger partial charge >= 0.3 is 0 Å². The van der Waals surface area contributed by atoms with Crippen molar-refractivity contribution in [2.45, 2.75) is 39.0 Å². The molecule has 3 rings (SSSR count). The Balaban J connectivity index is 1.59. The van der Waals surface area contributed by atoms with Crippen LogP contribution in [0.2, 0.25) is 0 Å². The maximum absolute atomic E-state index is 12.2. The molecule has 0 bridgehead atoms. The third kappa shape index (κ3) is 4.94. The Kier molecular flexibility index (Phi) is 5.82. The van der Waals surface area contributed by atoms with Crippen LogP contribution in [0.25, 0.3) is 10.4 Å². The van der Waals surface area contributed by atoms with Crippen LogP contribution in [0.5, 0.6) is 0 Å². The number of anilines is 2. The van der Waals surface area contributed by atoms with E-state index in [1.54, 1.807) is 44.2 Å². The van der Waals surface area contributed by atoms with Gasteiger partial charge in [-0.25, -0.2) is 8.42 Å². The molecule has 1 aromatic heterocycles. The molecule has 2 aromatic carbocycles. The first kappa shape index (κ1) is 20.4. The molecule has 1 heterocycles. The van der Waals surface area contributed by atoms with Crippen LogP contribution in [0.3, 0.4) is 0 Å². The lowest BCUT2D eigenvalue weighted by Gasteiger charge is -2.20. The number of rotatable bonds is 6. The molecule has 0 aliphatic heterocycles. The molecule has 0 aliphatic rings. The summed E-state index contributed by atoms with van der Waals surface area (Å²) >= 11 is 1.76. The van der Waals surface area contributed by atoms with E-state index in [2.05, 4.69) is 52.7 Å². The molecule has 6 heteroatoms. The van der Waals surface area contributed by atoms with E-state index < -0.39 is 14.8 Å². The van der Waals surface area contributed by atoms with Gasteiger partial charge in [0, 0.05) is 22.8 Å². The summed E-state index contributed by atoms with van der Waals surface area (Å²) in [5.74, 6) is 0. The van der Waals surface area contributed by atoms with E-state index in [4.69, 9.17) is 0 Å². The lowest BCUT2D eigenvalue weighted by Crippen LogP contribution is -2.33. The van der Waals surface area contributed by atoms with Crippen molar-refractivity contribution >= 4 is 32.7 Å². The Morgan fingerprint density at radius 1 is 0.929 bits per heavy atom. The zero-order chi connectivity index (χ0) is 20.4. The van der Waals surface area contributed by atoms with Crippen molar-refractivity contribution in [2.75, 3.05) is 10.0 Å². The van der Waals surface area contributed by atoms with Crippen LogP contribution in [0.15, 0.2) is 60.0 Å². The van der Waals surface area contributed by atoms with E-state index >= 15 is 0 Å². The van der Waals surface area contributed by atoms with Gasteiger partial charge < -0.3 is 5.32 Å². The summed E-state index contributed by atoms with van der Waals surface area (Å²) in [6, 6.07) is 18.0. The van der Waals surface area contributed by atoms with Crippen molar-refractivity contribution in [1.29, 1.82) is 0 Å². The summed E-state index contributed by atoms with van der Waals surface area (Å²) in [6.45, 7) is 7.81. The average Bonchev–Trinajstić information content (AvgIpc) is 3.07. The van der Waals surface area contributed by atoms with Crippen molar-refractivity contribution in [3.05, 3.63) is 71.1 Å². The molecule has 0 fully saturated rings. The van der Waals surface area contributed by atoms with Gasteiger partial charge in [0.05, 0.1) is 4.75 Å². The molecule has 148 valence electrons. The molecular weight excluding hydrogens is 388 g/mol. The number of sulfonamides is 1. The first-order chi connectivity index (χ1) is 13.1. The number of hydrogen-bond acceptors (Lipinski definition) is 4. The minimum Gasteiger partial charge on any atom is -0.381 e. The predicted molar refractivity (Wildman–Crippen MR) is 121 cm³/mol. The van der Waals surface area contributed by atoms with Crippen LogP contribution >= 0.6 is 11.3 Å². The van der Waals surface area contributed by atoms with Gasteiger partial charge in [0.2, 0.25) is 10.0 Å². The van der Waals surface area contributed by atoms with E-state index in [9.17, 15) is 8.42 Å². The van der Waals surface area contributed by atoms with E-state index in [0.717, 1.165) is 11.3 Å². The second-order valence-electron chi connectivity index (χ2n) is 7.83. The highest BCUT2D eigenvalue weighted by Crippen LogP contribution is 2.28. The second-order valence-corrected chi connectivity index (χ2v) is 11.2. The molecule has 0 atom stereocenters. The molecule has 0 unspecified atom stereocenters. The first-order valence-corrected chi connectivity index (χ1v) is 11.5. The van der Waals surface area contributed by atoms with Gasteiger partial charge in [0.25, 0.3) is 0 Å². The molecule has 0 spiro atoms. The Bertz CT molecular complexity index is 1030. The van der Waals surface area contributed by atoms with Crippen molar-refractivity contribution in [2.24, 2.45) is 0 Å². The Morgan fingerprint density at radius 3 is 2.07 bits per heavy atom. The zero-order valence-corrected chi connectivity index (χ0v) is 18.2. The summed E-state index contributed by atoms with van der Waals surface area (Å²) < 4.78 is 26.2. The summed E-state index contributed by atoms with van der Waals surface area (Å²) in [7, 11) is -3.41. The van der Waals surface area contributed by atoms with Gasteiger partial charge in [-0.2, -0.15) is 0 Å². The van der Waals surface area contributed by atoms with Gasteiger partial charge in [0.1, 0.15) is 0 Å². The van der Waals surface area contributed by atoms with Crippen LogP contribution in [0, 0.1) is 6.92 Å². The highest BCUT2D eigenvalue weighted by molar-refractivity contribution is 7.94. The SMILES string of the molecule is Cc1csc(-c2ccc(NCc3ccc(NS(=O)(=O)C(C)(C)C)cc3)cc2)c1. The number of thiophene rings is 1. The monoisotopic (exact) mass is 414 g/mol. The zero-order valence-electron chi connectivity index (χ0n) is 16.6. The standard InChI is InChI=1S/C22H26N2O2S2/c1-16-13-21(27-15-16)18-7-11-19(12-8-18)23-14-17-5-9-20(10-6-17)24-28(25,26)22(2,3)4/h5-13,15,23-24H,14H2,1-4H3. The van der Waals surface area contributed by atoms with Gasteiger partial charge in [-0.15, -0.1) is 11.3 Å². The van der Waals surface area contributed by atoms with E-state index in [0.29, 0.717) is 12.2 Å². The number of hydrogen-bond donors (Lipinski definition) is 2. The summed E-state index contributed by atoms with van der Waals surface area (Å²) in [5, 5.41) is 5.56. The number of nitrogens with one attached hydrogen (secondary N) is 2. The van der Waals surface area contributed by atoms with Gasteiger partial charge in [0.15, 0.2) is 0 Å². The molecule has 28 heavy (non-hydrogen) atoms. The maximum Gasteiger partial charge on any atom is 0.237 e. The topological polar surface area (TPSA) is 58.2 Å². The minimum absolute atomic E-state index is 0.578. The maximum atomic E-state index is 12.2. The van der Waals surface area contributed by atoms with Crippen molar-refractivity contribution in [1.82, 2.24) is 0 Å². The van der Waals surface area contributed by atoms with Crippen LogP contribution in [0.1, 0.15) is 31.9 Å². The molecule has 3 aromatic rings. The summed E-state index contributed by atoms with van der Waals surface area (Å²) in [4.78, 5) is 1.28. The summed E-state index contributed by atoms with van der Waals surface area (Å²) in [5.41, 5.74) is 5.22. The van der Waals surface area contributed by atoms with Crippen molar-refractivity contribution in [3.63, 3.8) is 0 Å². The fourth-order valence-corrected chi connectivity index (χ4v) is 4.20. The normalized spacial score (nSPS) is 12.0. The third-order valence-electron chi connectivity index (χ3n) is 4.41. The third-order valence-corrected chi connectivity index (χ3v) is 7.62. The van der Waals surface area contributed by atoms with E-state index in [-0.39, 0.29) is 0 Å². The molecule has 0 saturated heterocycles. The quantitative estimate of drug-likeness (QED) is 0.530. The molecular formula is C22H26N2O2S2. The van der Waals surface area contributed by atoms with Crippen LogP contribution in [0.4, 0.5) is 11.4 Å². The van der Waals surface area contributed by atoms with Gasteiger partial charge in [-0.3, -0.25) is 4.72 Å². The van der Waals surface area contributed by atoms with Crippen molar-refractivity contribution in [3.8, 4) is 10.4 Å². The fourth-order valence-electron chi connectivity index (χ4n) is 2.54. The fraction of sp³-hybridized carbons (Fsp3) is 0.273. The minimum atomic E-state index is -3.41. The van der Waals surface area contributed by atoms with E-state index in [1.165, 1.54) is 16.0 Å². The molecule has 0 radical (unpaired) electrons. The molecule has 0 aliphatic carbocycles. The molecule has 0 amide bonds. The number of benzene rings is 2. The van der Waals surface area contributed by atoms with Crippen LogP contribution in [-0.2, 0) is 16.6 Å². The van der Waals surface area contributed by atoms with Crippen LogP contribution < -0.4 is 10.0 Å². The Hall–Kier alpha value is -2.31. The Labute approximate surface area is 171 Å². The molecule has 2 N–H and O–H groups in total. The average molecular weight is 415 g/mol.